The van der Waals surface area contributed by atoms with Crippen LogP contribution in [0.2, 0.25) is 5.02 Å². The van der Waals surface area contributed by atoms with Gasteiger partial charge in [0, 0.05) is 40.5 Å². The number of nitrogens with two attached hydrogens (primary N) is 1. The third kappa shape index (κ3) is 6.90. The van der Waals surface area contributed by atoms with Crippen LogP contribution in [0.5, 0.6) is 0 Å². The van der Waals surface area contributed by atoms with Crippen molar-refractivity contribution in [2.45, 2.75) is 40.8 Å². The van der Waals surface area contributed by atoms with Crippen molar-refractivity contribution in [3.63, 3.8) is 0 Å². The second-order valence-corrected chi connectivity index (χ2v) is 7.42. The molecule has 0 unspecified atom stereocenters. The Bertz CT molecular complexity index is 901. The quantitative estimate of drug-likeness (QED) is 0.649. The number of aromatic nitrogens is 2. The lowest BCUT2D eigenvalue weighted by Crippen LogP contribution is -2.31. The highest BCUT2D eigenvalue weighted by atomic mass is 35.5. The lowest BCUT2D eigenvalue weighted by atomic mass is 10.1. The van der Waals surface area contributed by atoms with Gasteiger partial charge in [-0.15, -0.1) is 0 Å². The Hall–Kier alpha value is -2.28. The second-order valence-electron chi connectivity index (χ2n) is 6.42. The minimum atomic E-state index is -0.102. The van der Waals surface area contributed by atoms with Gasteiger partial charge in [0.1, 0.15) is 5.82 Å². The van der Waals surface area contributed by atoms with E-state index in [1.54, 1.807) is 34.0 Å². The van der Waals surface area contributed by atoms with Gasteiger partial charge in [0.05, 0.1) is 19.3 Å². The summed E-state index contributed by atoms with van der Waals surface area (Å²) in [6.07, 6.45) is 3.60. The van der Waals surface area contributed by atoms with Gasteiger partial charge in [0.2, 0.25) is 0 Å². The van der Waals surface area contributed by atoms with Crippen LogP contribution in [0, 0.1) is 0 Å². The van der Waals surface area contributed by atoms with Crippen LogP contribution in [-0.2, 0) is 20.1 Å². The molecule has 1 amide bonds. The van der Waals surface area contributed by atoms with Gasteiger partial charge < -0.3 is 16.0 Å². The number of hydrogen-bond acceptors (Lipinski definition) is 4. The van der Waals surface area contributed by atoms with Crippen LogP contribution in [0.15, 0.2) is 47.8 Å². The van der Waals surface area contributed by atoms with E-state index in [1.807, 2.05) is 40.8 Å². The van der Waals surface area contributed by atoms with Gasteiger partial charge in [0.25, 0.3) is 5.91 Å². The molecule has 0 aliphatic carbocycles. The summed E-state index contributed by atoms with van der Waals surface area (Å²) >= 11 is 11.5. The maximum atomic E-state index is 12.8. The highest BCUT2D eigenvalue weighted by Crippen LogP contribution is 2.25. The number of allylic oxidation sites excluding steroid dienone is 2. The van der Waals surface area contributed by atoms with E-state index < -0.39 is 0 Å². The Morgan fingerprint density at radius 3 is 2.53 bits per heavy atom. The highest BCUT2D eigenvalue weighted by Gasteiger charge is 2.24. The monoisotopic (exact) mass is 451 g/mol. The van der Waals surface area contributed by atoms with Crippen LogP contribution in [0.25, 0.3) is 0 Å². The molecule has 1 aromatic heterocycles. The zero-order chi connectivity index (χ0) is 22.8. The molecular formula is C22H31Cl2N5O. The molecule has 1 aliphatic rings. The summed E-state index contributed by atoms with van der Waals surface area (Å²) in [5.74, 6) is 0.761. The summed E-state index contributed by atoms with van der Waals surface area (Å²) < 4.78 is 1.74. The fraction of sp³-hybridized carbons (Fsp3) is 0.364. The van der Waals surface area contributed by atoms with Crippen molar-refractivity contribution < 1.29 is 4.79 Å². The molecule has 0 saturated heterocycles. The van der Waals surface area contributed by atoms with Crippen molar-refractivity contribution in [2.24, 2.45) is 12.8 Å². The fourth-order valence-electron chi connectivity index (χ4n) is 2.63. The number of nitrogens with zero attached hydrogens (tertiary/aromatic N) is 3. The lowest BCUT2D eigenvalue weighted by Gasteiger charge is -2.21. The van der Waals surface area contributed by atoms with E-state index in [2.05, 4.69) is 17.0 Å². The SMILES string of the molecule is C/C=C(\C)Cl.C=C1CN(C(=O)c2ccc(CN)c(Cl)c2)Cc2cnn(C)c2N1.CC. The average Bonchev–Trinajstić information content (AvgIpc) is 2.97. The number of benzene rings is 1. The van der Waals surface area contributed by atoms with Crippen molar-refractivity contribution in [2.75, 3.05) is 11.9 Å². The van der Waals surface area contributed by atoms with E-state index in [-0.39, 0.29) is 5.91 Å². The van der Waals surface area contributed by atoms with Crippen molar-refractivity contribution in [1.29, 1.82) is 0 Å². The largest absolute Gasteiger partial charge is 0.343 e. The number of carbonyl (C=O) groups is 1. The standard InChI is InChI=1S/C16H18ClN5O.C4H7Cl.C2H6/c1-10-8-22(9-13-7-19-21(2)15(13)20-10)16(23)11-3-4-12(6-18)14(17)5-11;1-3-4(2)5;1-2/h3-5,7,20H,1,6,8-9,18H2,2H3;3H,1-2H3;1-2H3/b;4-3+;. The maximum Gasteiger partial charge on any atom is 0.254 e. The first-order valence-electron chi connectivity index (χ1n) is 9.78. The molecule has 3 N–H and O–H groups in total. The molecule has 8 heteroatoms. The van der Waals surface area contributed by atoms with Gasteiger partial charge in [-0.1, -0.05) is 55.8 Å². The number of anilines is 1. The minimum absolute atomic E-state index is 0.102. The smallest absolute Gasteiger partial charge is 0.254 e. The maximum absolute atomic E-state index is 12.8. The Labute approximate surface area is 189 Å². The molecule has 2 aromatic rings. The van der Waals surface area contributed by atoms with Gasteiger partial charge in [-0.25, -0.2) is 0 Å². The van der Waals surface area contributed by atoms with E-state index in [4.69, 9.17) is 28.9 Å². The molecule has 2 heterocycles. The second kappa shape index (κ2) is 12.4. The molecule has 3 rings (SSSR count). The van der Waals surface area contributed by atoms with Crippen molar-refractivity contribution in [3.05, 3.63) is 69.5 Å². The van der Waals surface area contributed by atoms with E-state index in [0.29, 0.717) is 30.2 Å². The molecule has 0 atom stereocenters. The van der Waals surface area contributed by atoms with Crippen LogP contribution in [0.3, 0.4) is 0 Å². The summed E-state index contributed by atoms with van der Waals surface area (Å²) in [7, 11) is 1.85. The molecule has 0 saturated carbocycles. The number of aryl methyl sites for hydroxylation is 1. The number of fused-ring (bicyclic) bond motifs is 1. The third-order valence-corrected chi connectivity index (χ3v) is 4.83. The predicted octanol–water partition coefficient (Wildman–Crippen LogP) is 5.29. The summed E-state index contributed by atoms with van der Waals surface area (Å²) in [6, 6.07) is 5.20. The van der Waals surface area contributed by atoms with Gasteiger partial charge >= 0.3 is 0 Å². The predicted molar refractivity (Wildman–Crippen MR) is 127 cm³/mol. The van der Waals surface area contributed by atoms with Gasteiger partial charge in [0.15, 0.2) is 0 Å². The fourth-order valence-corrected chi connectivity index (χ4v) is 2.89. The minimum Gasteiger partial charge on any atom is -0.343 e. The number of carbonyl (C=O) groups excluding carboxylic acids is 1. The normalized spacial score (nSPS) is 13.1. The van der Waals surface area contributed by atoms with E-state index in [9.17, 15) is 4.79 Å². The number of amides is 1. The molecule has 0 spiro atoms. The summed E-state index contributed by atoms with van der Waals surface area (Å²) in [4.78, 5) is 14.5. The zero-order valence-corrected chi connectivity index (χ0v) is 19.8. The first-order chi connectivity index (χ1) is 14.3. The van der Waals surface area contributed by atoms with E-state index in [0.717, 1.165) is 27.7 Å². The number of nitrogens with one attached hydrogen (secondary N) is 1. The first-order valence-corrected chi connectivity index (χ1v) is 10.5. The molecule has 1 aliphatic heterocycles. The van der Waals surface area contributed by atoms with Crippen LogP contribution in [-0.4, -0.2) is 27.1 Å². The Kier molecular flexibility index (Phi) is 10.7. The molecular weight excluding hydrogens is 421 g/mol. The molecule has 0 radical (unpaired) electrons. The number of hydrogen-bond donors (Lipinski definition) is 2. The number of halogens is 2. The van der Waals surface area contributed by atoms with Crippen LogP contribution >= 0.6 is 23.2 Å². The summed E-state index contributed by atoms with van der Waals surface area (Å²) in [5.41, 5.74) is 8.65. The van der Waals surface area contributed by atoms with Crippen LogP contribution in [0.4, 0.5) is 5.82 Å². The topological polar surface area (TPSA) is 76.2 Å². The highest BCUT2D eigenvalue weighted by molar-refractivity contribution is 6.31. The molecule has 6 nitrogen and oxygen atoms in total. The molecule has 1 aromatic carbocycles. The first kappa shape index (κ1) is 25.8. The molecule has 0 fully saturated rings. The zero-order valence-electron chi connectivity index (χ0n) is 18.3. The van der Waals surface area contributed by atoms with E-state index >= 15 is 0 Å². The Morgan fingerprint density at radius 2 is 2.00 bits per heavy atom. The average molecular weight is 452 g/mol. The molecule has 0 bridgehead atoms. The van der Waals surface area contributed by atoms with Gasteiger partial charge in [-0.05, 0) is 31.5 Å². The third-order valence-electron chi connectivity index (χ3n) is 4.26. The lowest BCUT2D eigenvalue weighted by molar-refractivity contribution is 0.0761. The number of rotatable bonds is 2. The summed E-state index contributed by atoms with van der Waals surface area (Å²) in [5, 5.41) is 8.78. The van der Waals surface area contributed by atoms with Gasteiger partial charge in [-0.3, -0.25) is 9.48 Å². The molecule has 164 valence electrons. The van der Waals surface area contributed by atoms with Crippen molar-refractivity contribution in [3.8, 4) is 0 Å². The summed E-state index contributed by atoms with van der Waals surface area (Å²) in [6.45, 7) is 13.0. The van der Waals surface area contributed by atoms with E-state index in [1.165, 1.54) is 0 Å². The molecule has 30 heavy (non-hydrogen) atoms. The Balaban J connectivity index is 0.000000565. The van der Waals surface area contributed by atoms with Crippen molar-refractivity contribution >= 4 is 34.9 Å². The Morgan fingerprint density at radius 1 is 1.37 bits per heavy atom. The van der Waals surface area contributed by atoms with Crippen molar-refractivity contribution in [1.82, 2.24) is 14.7 Å². The van der Waals surface area contributed by atoms with Crippen LogP contribution in [0.1, 0.15) is 49.2 Å². The van der Waals surface area contributed by atoms with Gasteiger partial charge in [-0.2, -0.15) is 5.10 Å². The van der Waals surface area contributed by atoms with Crippen LogP contribution < -0.4 is 11.1 Å².